The molecular weight excluding hydrogens is 528 g/mol. The Morgan fingerprint density at radius 2 is 0.800 bits per heavy atom. The first-order chi connectivity index (χ1) is 18.9. The Kier molecular flexibility index (Phi) is 8.44. The summed E-state index contributed by atoms with van der Waals surface area (Å²) >= 11 is 0. The van der Waals surface area contributed by atoms with Crippen molar-refractivity contribution in [1.82, 2.24) is 0 Å². The Hall–Kier alpha value is -5.78. The molecule has 0 saturated heterocycles. The molecule has 0 unspecified atom stereocenters. The van der Waals surface area contributed by atoms with Crippen LogP contribution in [0.15, 0.2) is 60.7 Å². The molecule has 0 amide bonds. The maximum absolute atomic E-state index is 12.2. The summed E-state index contributed by atoms with van der Waals surface area (Å²) in [6.07, 6.45) is 0. The van der Waals surface area contributed by atoms with Crippen LogP contribution in [0.3, 0.4) is 0 Å². The molecule has 8 N–H and O–H groups in total. The molecule has 208 valence electrons. The minimum Gasteiger partial charge on any atom is -0.504 e. The summed E-state index contributed by atoms with van der Waals surface area (Å²) < 4.78 is 9.78. The van der Waals surface area contributed by atoms with Crippen LogP contribution in [0.4, 0.5) is 0 Å². The molecule has 4 rings (SSSR count). The predicted molar refractivity (Wildman–Crippen MR) is 139 cm³/mol. The highest BCUT2D eigenvalue weighted by atomic mass is 16.5. The molecule has 12 nitrogen and oxygen atoms in total. The van der Waals surface area contributed by atoms with E-state index in [1.165, 1.54) is 62.8 Å². The molecule has 0 atom stereocenters. The van der Waals surface area contributed by atoms with Gasteiger partial charge in [-0.05, 0) is 60.7 Å². The molecule has 0 heterocycles. The van der Waals surface area contributed by atoms with E-state index < -0.39 is 46.1 Å². The van der Waals surface area contributed by atoms with Gasteiger partial charge in [0.15, 0.2) is 57.6 Å². The summed E-state index contributed by atoms with van der Waals surface area (Å²) in [7, 11) is 2.68. The van der Waals surface area contributed by atoms with Gasteiger partial charge in [0, 0.05) is 11.1 Å². The van der Waals surface area contributed by atoms with E-state index in [2.05, 4.69) is 0 Å². The molecule has 4 aromatic rings. The van der Waals surface area contributed by atoms with Crippen LogP contribution >= 0.6 is 0 Å². The molecule has 0 bridgehead atoms. The highest BCUT2D eigenvalue weighted by Crippen LogP contribution is 2.39. The zero-order valence-corrected chi connectivity index (χ0v) is 21.0. The molecule has 0 spiro atoms. The van der Waals surface area contributed by atoms with E-state index in [0.29, 0.717) is 0 Å². The molecule has 40 heavy (non-hydrogen) atoms. The second-order valence-electron chi connectivity index (χ2n) is 8.09. The number of aromatic hydroxyl groups is 8. The summed E-state index contributed by atoms with van der Waals surface area (Å²) in [5.74, 6) is -5.19. The highest BCUT2D eigenvalue weighted by Gasteiger charge is 2.21. The quantitative estimate of drug-likeness (QED) is 0.127. The van der Waals surface area contributed by atoms with Crippen LogP contribution in [0, 0.1) is 0 Å². The predicted octanol–water partition coefficient (Wildman–Crippen LogP) is 3.50. The molecule has 0 aromatic heterocycles. The number of benzene rings is 4. The van der Waals surface area contributed by atoms with Crippen molar-refractivity contribution in [2.75, 3.05) is 14.2 Å². The van der Waals surface area contributed by atoms with Crippen molar-refractivity contribution in [3.8, 4) is 57.5 Å². The van der Waals surface area contributed by atoms with Gasteiger partial charge in [0.2, 0.25) is 11.5 Å². The first-order valence-corrected chi connectivity index (χ1v) is 11.2. The molecule has 0 saturated carbocycles. The highest BCUT2D eigenvalue weighted by molar-refractivity contribution is 6.12. The number of hydrogen-bond acceptors (Lipinski definition) is 12. The monoisotopic (exact) mass is 552 g/mol. The van der Waals surface area contributed by atoms with Crippen LogP contribution in [0.1, 0.15) is 31.8 Å². The van der Waals surface area contributed by atoms with Gasteiger partial charge >= 0.3 is 0 Å². The van der Waals surface area contributed by atoms with Crippen LogP contribution in [0.5, 0.6) is 57.5 Å². The lowest BCUT2D eigenvalue weighted by molar-refractivity contribution is 0.102. The first-order valence-electron chi connectivity index (χ1n) is 11.2. The molecule has 4 aromatic carbocycles. The fourth-order valence-corrected chi connectivity index (χ4v) is 3.45. The van der Waals surface area contributed by atoms with Gasteiger partial charge in [-0.15, -0.1) is 0 Å². The Morgan fingerprint density at radius 1 is 0.475 bits per heavy atom. The summed E-state index contributed by atoms with van der Waals surface area (Å²) in [5, 5.41) is 75.6. The lowest BCUT2D eigenvalue weighted by atomic mass is 10.0. The number of carbonyl (C=O) groups is 2. The topological polar surface area (TPSA) is 214 Å². The maximum Gasteiger partial charge on any atom is 0.201 e. The second kappa shape index (κ2) is 11.7. The van der Waals surface area contributed by atoms with E-state index >= 15 is 0 Å². The third kappa shape index (κ3) is 5.70. The number of rotatable bonds is 6. The molecular formula is C28H24O12. The van der Waals surface area contributed by atoms with Crippen molar-refractivity contribution in [3.63, 3.8) is 0 Å². The van der Waals surface area contributed by atoms with Crippen LogP contribution in [0.2, 0.25) is 0 Å². The second-order valence-corrected chi connectivity index (χ2v) is 8.09. The standard InChI is InChI=1S/2C14H12O6/c2*1-20-11-6-7(2-4-9(11)15)12(17)8-3-5-10(16)14(19)13(8)18/h2*2-6,15-16,18-19H,1H3. The van der Waals surface area contributed by atoms with Gasteiger partial charge in [0.1, 0.15) is 0 Å². The number of ketones is 2. The third-order valence-corrected chi connectivity index (χ3v) is 5.63. The number of ether oxygens (including phenoxy) is 2. The zero-order valence-electron chi connectivity index (χ0n) is 21.0. The van der Waals surface area contributed by atoms with E-state index in [-0.39, 0.29) is 45.3 Å². The summed E-state index contributed by atoms with van der Waals surface area (Å²) in [6, 6.07) is 12.4. The number of phenols is 8. The number of methoxy groups -OCH3 is 2. The Morgan fingerprint density at radius 3 is 1.12 bits per heavy atom. The van der Waals surface area contributed by atoms with Gasteiger partial charge in [-0.1, -0.05) is 0 Å². The van der Waals surface area contributed by atoms with Crippen LogP contribution in [-0.2, 0) is 0 Å². The van der Waals surface area contributed by atoms with Gasteiger partial charge in [-0.2, -0.15) is 0 Å². The van der Waals surface area contributed by atoms with Crippen molar-refractivity contribution >= 4 is 11.6 Å². The van der Waals surface area contributed by atoms with Crippen molar-refractivity contribution in [2.24, 2.45) is 0 Å². The van der Waals surface area contributed by atoms with Gasteiger partial charge in [-0.25, -0.2) is 0 Å². The van der Waals surface area contributed by atoms with E-state index in [0.717, 1.165) is 12.1 Å². The summed E-state index contributed by atoms with van der Waals surface area (Å²) in [5.41, 5.74) is -0.0406. The molecule has 0 aliphatic rings. The maximum atomic E-state index is 12.2. The van der Waals surface area contributed by atoms with Gasteiger partial charge in [0.05, 0.1) is 25.3 Å². The van der Waals surface area contributed by atoms with Crippen LogP contribution < -0.4 is 9.47 Å². The zero-order chi connectivity index (χ0) is 29.7. The van der Waals surface area contributed by atoms with Crippen LogP contribution in [0.25, 0.3) is 0 Å². The lowest BCUT2D eigenvalue weighted by Crippen LogP contribution is -2.02. The Balaban J connectivity index is 0.000000220. The van der Waals surface area contributed by atoms with Crippen LogP contribution in [-0.4, -0.2) is 66.6 Å². The fraction of sp³-hybridized carbons (Fsp3) is 0.0714. The smallest absolute Gasteiger partial charge is 0.201 e. The van der Waals surface area contributed by atoms with Crippen molar-refractivity contribution in [1.29, 1.82) is 0 Å². The first kappa shape index (κ1) is 28.8. The Labute approximate surface area is 226 Å². The third-order valence-electron chi connectivity index (χ3n) is 5.63. The summed E-state index contributed by atoms with van der Waals surface area (Å²) in [4.78, 5) is 24.4. The van der Waals surface area contributed by atoms with Gasteiger partial charge in [-0.3, -0.25) is 9.59 Å². The molecule has 0 aliphatic heterocycles. The number of phenolic OH excluding ortho intramolecular Hbond substituents is 8. The van der Waals surface area contributed by atoms with Gasteiger partial charge < -0.3 is 50.3 Å². The van der Waals surface area contributed by atoms with E-state index in [9.17, 15) is 50.4 Å². The van der Waals surface area contributed by atoms with Crippen molar-refractivity contribution in [3.05, 3.63) is 82.9 Å². The van der Waals surface area contributed by atoms with E-state index in [4.69, 9.17) is 9.47 Å². The minimum absolute atomic E-state index is 0.110. The summed E-state index contributed by atoms with van der Waals surface area (Å²) in [6.45, 7) is 0. The SMILES string of the molecule is COc1cc(C(=O)c2ccc(O)c(O)c2O)ccc1O.COc1cc(C(=O)c2ccc(O)c(O)c2O)ccc1O. The van der Waals surface area contributed by atoms with Crippen molar-refractivity contribution < 1.29 is 59.9 Å². The number of carbonyl (C=O) groups excluding carboxylic acids is 2. The largest absolute Gasteiger partial charge is 0.504 e. The molecule has 0 radical (unpaired) electrons. The normalized spacial score (nSPS) is 10.2. The molecule has 12 heteroatoms. The average Bonchev–Trinajstić information content (AvgIpc) is 2.95. The van der Waals surface area contributed by atoms with E-state index in [1.807, 2.05) is 0 Å². The number of hydrogen-bond donors (Lipinski definition) is 8. The fourth-order valence-electron chi connectivity index (χ4n) is 3.45. The average molecular weight is 552 g/mol. The lowest BCUT2D eigenvalue weighted by Gasteiger charge is -2.08. The minimum atomic E-state index is -0.762. The van der Waals surface area contributed by atoms with E-state index in [1.54, 1.807) is 0 Å². The van der Waals surface area contributed by atoms with Crippen molar-refractivity contribution in [2.45, 2.75) is 0 Å². The molecule has 0 aliphatic carbocycles. The Bertz CT molecular complexity index is 1470. The van der Waals surface area contributed by atoms with Gasteiger partial charge in [0.25, 0.3) is 0 Å². The molecule has 0 fully saturated rings.